The lowest BCUT2D eigenvalue weighted by Crippen LogP contribution is -2.25. The van der Waals surface area contributed by atoms with Gasteiger partial charge in [0.15, 0.2) is 0 Å². The first-order chi connectivity index (χ1) is 10.2. The van der Waals surface area contributed by atoms with E-state index in [4.69, 9.17) is 0 Å². The minimum Gasteiger partial charge on any atom is -0.352 e. The highest BCUT2D eigenvalue weighted by Crippen LogP contribution is 2.05. The number of hydrogen-bond acceptors (Lipinski definition) is 3. The largest absolute Gasteiger partial charge is 0.352 e. The van der Waals surface area contributed by atoms with Crippen LogP contribution in [0.15, 0.2) is 52.1 Å². The van der Waals surface area contributed by atoms with Crippen LogP contribution < -0.4 is 10.9 Å². The molecule has 0 bridgehead atoms. The molecule has 0 fully saturated rings. The molecule has 0 atom stereocenters. The molecule has 1 amide bonds. The highest BCUT2D eigenvalue weighted by atomic mass is 79.9. The van der Waals surface area contributed by atoms with Crippen LogP contribution in [-0.4, -0.2) is 22.0 Å². The van der Waals surface area contributed by atoms with Gasteiger partial charge in [-0.3, -0.25) is 14.6 Å². The maximum absolute atomic E-state index is 11.8. The highest BCUT2D eigenvalue weighted by molar-refractivity contribution is 9.10. The van der Waals surface area contributed by atoms with E-state index in [0.29, 0.717) is 18.7 Å². The Morgan fingerprint density at radius 2 is 2.14 bits per heavy atom. The maximum atomic E-state index is 11.8. The molecule has 110 valence electrons. The van der Waals surface area contributed by atoms with Crippen LogP contribution in [0.5, 0.6) is 0 Å². The van der Waals surface area contributed by atoms with Crippen molar-refractivity contribution in [2.45, 2.75) is 19.4 Å². The second-order valence-electron chi connectivity index (χ2n) is 4.58. The topological polar surface area (TPSA) is 64.0 Å². The van der Waals surface area contributed by atoms with Crippen LogP contribution in [0.25, 0.3) is 0 Å². The molecule has 6 heteroatoms. The van der Waals surface area contributed by atoms with Crippen molar-refractivity contribution in [3.8, 4) is 0 Å². The first kappa shape index (κ1) is 15.4. The summed E-state index contributed by atoms with van der Waals surface area (Å²) in [4.78, 5) is 27.3. The van der Waals surface area contributed by atoms with E-state index in [9.17, 15) is 9.59 Å². The van der Waals surface area contributed by atoms with E-state index in [1.54, 1.807) is 35.2 Å². The highest BCUT2D eigenvalue weighted by Gasteiger charge is 2.03. The summed E-state index contributed by atoms with van der Waals surface area (Å²) in [6.45, 7) is 1.22. The molecule has 0 unspecified atom stereocenters. The van der Waals surface area contributed by atoms with E-state index in [0.717, 1.165) is 17.3 Å². The Bertz CT molecular complexity index is 655. The fraction of sp³-hybridized carbons (Fsp3) is 0.267. The Labute approximate surface area is 131 Å². The monoisotopic (exact) mass is 349 g/mol. The summed E-state index contributed by atoms with van der Waals surface area (Å²) in [5.41, 5.74) is 0.540. The third kappa shape index (κ3) is 4.82. The Morgan fingerprint density at radius 3 is 2.90 bits per heavy atom. The number of amides is 1. The lowest BCUT2D eigenvalue weighted by Gasteiger charge is -2.07. The molecule has 1 N–H and O–H groups in total. The van der Waals surface area contributed by atoms with Crippen molar-refractivity contribution < 1.29 is 4.79 Å². The first-order valence-electron chi connectivity index (χ1n) is 6.71. The zero-order valence-electron chi connectivity index (χ0n) is 11.5. The van der Waals surface area contributed by atoms with Gasteiger partial charge in [-0.2, -0.15) is 0 Å². The zero-order valence-corrected chi connectivity index (χ0v) is 13.0. The van der Waals surface area contributed by atoms with Crippen LogP contribution in [0.2, 0.25) is 0 Å². The van der Waals surface area contributed by atoms with Gasteiger partial charge in [0.1, 0.15) is 0 Å². The van der Waals surface area contributed by atoms with Crippen molar-refractivity contribution in [2.24, 2.45) is 0 Å². The maximum Gasteiger partial charge on any atom is 0.252 e. The minimum atomic E-state index is -0.122. The van der Waals surface area contributed by atoms with Gasteiger partial charge in [-0.05, 0) is 47.0 Å². The van der Waals surface area contributed by atoms with Crippen LogP contribution in [0, 0.1) is 0 Å². The summed E-state index contributed by atoms with van der Waals surface area (Å²) >= 11 is 3.34. The molecule has 2 rings (SSSR count). The van der Waals surface area contributed by atoms with Gasteiger partial charge in [-0.1, -0.05) is 0 Å². The van der Waals surface area contributed by atoms with Crippen molar-refractivity contribution in [1.82, 2.24) is 14.9 Å². The molecular weight excluding hydrogens is 334 g/mol. The Balaban J connectivity index is 1.72. The molecule has 2 aromatic rings. The lowest BCUT2D eigenvalue weighted by molar-refractivity contribution is 0.0952. The molecule has 2 aromatic heterocycles. The predicted molar refractivity (Wildman–Crippen MR) is 84.2 cm³/mol. The van der Waals surface area contributed by atoms with Crippen LogP contribution in [0.1, 0.15) is 23.2 Å². The molecule has 0 saturated carbocycles. The van der Waals surface area contributed by atoms with Gasteiger partial charge in [-0.15, -0.1) is 0 Å². The van der Waals surface area contributed by atoms with E-state index in [2.05, 4.69) is 26.2 Å². The second-order valence-corrected chi connectivity index (χ2v) is 5.50. The van der Waals surface area contributed by atoms with Crippen LogP contribution in [0.3, 0.4) is 0 Å². The van der Waals surface area contributed by atoms with Gasteiger partial charge in [-0.25, -0.2) is 0 Å². The van der Waals surface area contributed by atoms with E-state index in [1.807, 2.05) is 0 Å². The number of unbranched alkanes of at least 4 members (excludes halogenated alkanes) is 1. The molecule has 21 heavy (non-hydrogen) atoms. The smallest absolute Gasteiger partial charge is 0.252 e. The third-order valence-corrected chi connectivity index (χ3v) is 3.45. The number of aromatic nitrogens is 2. The van der Waals surface area contributed by atoms with Gasteiger partial charge in [0.05, 0.1) is 5.56 Å². The van der Waals surface area contributed by atoms with Crippen molar-refractivity contribution in [3.63, 3.8) is 0 Å². The Hall–Kier alpha value is -1.95. The van der Waals surface area contributed by atoms with Gasteiger partial charge in [0.25, 0.3) is 11.5 Å². The van der Waals surface area contributed by atoms with Gasteiger partial charge >= 0.3 is 0 Å². The minimum absolute atomic E-state index is 0.0161. The number of aryl methyl sites for hydroxylation is 1. The number of pyridine rings is 2. The quantitative estimate of drug-likeness (QED) is 0.813. The van der Waals surface area contributed by atoms with Gasteiger partial charge in [0, 0.05) is 42.2 Å². The average Bonchev–Trinajstić information content (AvgIpc) is 2.51. The number of rotatable bonds is 6. The predicted octanol–water partition coefficient (Wildman–Crippen LogP) is 2.22. The molecule has 2 heterocycles. The molecule has 0 aliphatic heterocycles. The molecule has 0 aliphatic rings. The summed E-state index contributed by atoms with van der Waals surface area (Å²) < 4.78 is 2.54. The Morgan fingerprint density at radius 1 is 1.29 bits per heavy atom. The van der Waals surface area contributed by atoms with E-state index >= 15 is 0 Å². The van der Waals surface area contributed by atoms with Gasteiger partial charge < -0.3 is 9.88 Å². The summed E-state index contributed by atoms with van der Waals surface area (Å²) in [5.74, 6) is -0.122. The molecule has 0 saturated heterocycles. The fourth-order valence-corrected chi connectivity index (χ4v) is 2.26. The number of carbonyl (C=O) groups is 1. The number of nitrogens with one attached hydrogen (secondary N) is 1. The van der Waals surface area contributed by atoms with Gasteiger partial charge in [0.2, 0.25) is 0 Å². The van der Waals surface area contributed by atoms with Crippen LogP contribution >= 0.6 is 15.9 Å². The number of halogens is 1. The molecule has 5 nitrogen and oxygen atoms in total. The molecule has 0 spiro atoms. The van der Waals surface area contributed by atoms with Crippen molar-refractivity contribution in [1.29, 1.82) is 0 Å². The standard InChI is InChI=1S/C15H16BrN3O2/c16-13-5-6-14(20)19(11-13)9-2-1-8-18-15(21)12-4-3-7-17-10-12/h3-7,10-11H,1-2,8-9H2,(H,18,21). The zero-order chi connectivity index (χ0) is 15.1. The van der Waals surface area contributed by atoms with Crippen LogP contribution in [0.4, 0.5) is 0 Å². The summed E-state index contributed by atoms with van der Waals surface area (Å²) in [5, 5.41) is 2.84. The number of hydrogen-bond donors (Lipinski definition) is 1. The lowest BCUT2D eigenvalue weighted by atomic mass is 10.2. The van der Waals surface area contributed by atoms with E-state index in [-0.39, 0.29) is 11.5 Å². The van der Waals surface area contributed by atoms with Crippen molar-refractivity contribution in [3.05, 3.63) is 63.2 Å². The number of carbonyl (C=O) groups excluding carboxylic acids is 1. The molecule has 0 aromatic carbocycles. The summed E-state index contributed by atoms with van der Waals surface area (Å²) in [7, 11) is 0. The molecule has 0 aliphatic carbocycles. The van der Waals surface area contributed by atoms with Crippen LogP contribution in [-0.2, 0) is 6.54 Å². The third-order valence-electron chi connectivity index (χ3n) is 2.98. The Kier molecular flexibility index (Phi) is 5.68. The second kappa shape index (κ2) is 7.73. The summed E-state index contributed by atoms with van der Waals surface area (Å²) in [6.07, 6.45) is 6.58. The van der Waals surface area contributed by atoms with E-state index < -0.39 is 0 Å². The fourth-order valence-electron chi connectivity index (χ4n) is 1.89. The normalized spacial score (nSPS) is 10.3. The first-order valence-corrected chi connectivity index (χ1v) is 7.50. The molecule has 0 radical (unpaired) electrons. The number of nitrogens with zero attached hydrogens (tertiary/aromatic N) is 2. The van der Waals surface area contributed by atoms with Crippen molar-refractivity contribution >= 4 is 21.8 Å². The van der Waals surface area contributed by atoms with Crippen molar-refractivity contribution in [2.75, 3.05) is 6.54 Å². The molecular formula is C15H16BrN3O2. The summed E-state index contributed by atoms with van der Waals surface area (Å²) in [6, 6.07) is 6.72. The average molecular weight is 350 g/mol. The SMILES string of the molecule is O=C(NCCCCn1cc(Br)ccc1=O)c1cccnc1. The van der Waals surface area contributed by atoms with E-state index in [1.165, 1.54) is 12.3 Å².